The highest BCUT2D eigenvalue weighted by atomic mass is 16.5. The molecule has 1 unspecified atom stereocenters. The Hall–Kier alpha value is -2.51. The zero-order valence-electron chi connectivity index (χ0n) is 15.8. The molecule has 1 aliphatic rings. The first-order valence-electron chi connectivity index (χ1n) is 9.13. The number of carbonyl (C=O) groups is 1. The third-order valence-corrected chi connectivity index (χ3v) is 4.58. The average molecular weight is 358 g/mol. The van der Waals surface area contributed by atoms with E-state index in [1.165, 1.54) is 0 Å². The number of hydrogen-bond donors (Lipinski definition) is 1. The molecule has 0 spiro atoms. The lowest BCUT2D eigenvalue weighted by Crippen LogP contribution is -2.31. The Morgan fingerprint density at radius 1 is 1.38 bits per heavy atom. The van der Waals surface area contributed by atoms with E-state index in [1.807, 2.05) is 38.8 Å². The SMILES string of the molecule is CNc1cc(C2CCCN2C(=O)CCc2nc(C(C)C)no2)nc(C)n1. The molecular weight excluding hydrogens is 332 g/mol. The van der Waals surface area contributed by atoms with Gasteiger partial charge in [-0.3, -0.25) is 4.79 Å². The predicted octanol–water partition coefficient (Wildman–Crippen LogP) is 2.63. The van der Waals surface area contributed by atoms with Crippen LogP contribution < -0.4 is 5.32 Å². The Kier molecular flexibility index (Phi) is 5.49. The Morgan fingerprint density at radius 3 is 2.88 bits per heavy atom. The van der Waals surface area contributed by atoms with E-state index >= 15 is 0 Å². The van der Waals surface area contributed by atoms with E-state index in [0.29, 0.717) is 30.4 Å². The molecule has 1 N–H and O–H groups in total. The quantitative estimate of drug-likeness (QED) is 0.847. The molecule has 0 bridgehead atoms. The van der Waals surface area contributed by atoms with Crippen LogP contribution in [-0.4, -0.2) is 44.5 Å². The number of amides is 1. The zero-order chi connectivity index (χ0) is 18.7. The van der Waals surface area contributed by atoms with Gasteiger partial charge in [0.1, 0.15) is 11.6 Å². The van der Waals surface area contributed by atoms with Crippen molar-refractivity contribution >= 4 is 11.7 Å². The Balaban J connectivity index is 1.67. The van der Waals surface area contributed by atoms with Crippen molar-refractivity contribution in [3.8, 4) is 0 Å². The van der Waals surface area contributed by atoms with Crippen molar-refractivity contribution in [3.05, 3.63) is 29.3 Å². The van der Waals surface area contributed by atoms with E-state index in [9.17, 15) is 4.79 Å². The van der Waals surface area contributed by atoms with Crippen molar-refractivity contribution in [2.45, 2.75) is 58.4 Å². The van der Waals surface area contributed by atoms with Gasteiger partial charge < -0.3 is 14.7 Å². The Morgan fingerprint density at radius 2 is 2.19 bits per heavy atom. The van der Waals surface area contributed by atoms with Crippen molar-refractivity contribution in [1.29, 1.82) is 0 Å². The largest absolute Gasteiger partial charge is 0.373 e. The summed E-state index contributed by atoms with van der Waals surface area (Å²) in [4.78, 5) is 27.9. The third kappa shape index (κ3) is 4.00. The van der Waals surface area contributed by atoms with Gasteiger partial charge in [0.25, 0.3) is 0 Å². The van der Waals surface area contributed by atoms with Crippen LogP contribution in [0.15, 0.2) is 10.6 Å². The van der Waals surface area contributed by atoms with Gasteiger partial charge in [0.05, 0.1) is 11.7 Å². The van der Waals surface area contributed by atoms with Gasteiger partial charge in [-0.05, 0) is 19.8 Å². The van der Waals surface area contributed by atoms with E-state index < -0.39 is 0 Å². The molecule has 8 heteroatoms. The Bertz CT molecular complexity index is 773. The molecule has 2 aromatic heterocycles. The molecular formula is C18H26N6O2. The first kappa shape index (κ1) is 18.3. The van der Waals surface area contributed by atoms with E-state index in [0.717, 1.165) is 30.9 Å². The molecule has 140 valence electrons. The van der Waals surface area contributed by atoms with Crippen LogP contribution >= 0.6 is 0 Å². The summed E-state index contributed by atoms with van der Waals surface area (Å²) in [5, 5.41) is 7.00. The summed E-state index contributed by atoms with van der Waals surface area (Å²) >= 11 is 0. The maximum atomic E-state index is 12.8. The van der Waals surface area contributed by atoms with E-state index in [2.05, 4.69) is 25.4 Å². The van der Waals surface area contributed by atoms with Gasteiger partial charge in [0, 0.05) is 38.4 Å². The topological polar surface area (TPSA) is 97.0 Å². The number of anilines is 1. The molecule has 1 atom stereocenters. The van der Waals surface area contributed by atoms with Crippen LogP contribution in [0.3, 0.4) is 0 Å². The minimum atomic E-state index is 0.00482. The number of carbonyl (C=O) groups excluding carboxylic acids is 1. The van der Waals surface area contributed by atoms with Gasteiger partial charge in [0.2, 0.25) is 11.8 Å². The number of nitrogens with one attached hydrogen (secondary N) is 1. The number of hydrogen-bond acceptors (Lipinski definition) is 7. The van der Waals surface area contributed by atoms with Crippen LogP contribution in [0.5, 0.6) is 0 Å². The highest BCUT2D eigenvalue weighted by Gasteiger charge is 2.31. The predicted molar refractivity (Wildman–Crippen MR) is 96.7 cm³/mol. The lowest BCUT2D eigenvalue weighted by Gasteiger charge is -2.24. The smallest absolute Gasteiger partial charge is 0.227 e. The molecule has 0 saturated carbocycles. The fourth-order valence-electron chi connectivity index (χ4n) is 3.22. The molecule has 3 rings (SSSR count). The van der Waals surface area contributed by atoms with Crippen LogP contribution in [0.2, 0.25) is 0 Å². The van der Waals surface area contributed by atoms with Crippen LogP contribution in [0.1, 0.15) is 68.3 Å². The molecule has 1 aliphatic heterocycles. The van der Waals surface area contributed by atoms with E-state index in [4.69, 9.17) is 4.52 Å². The fraction of sp³-hybridized carbons (Fsp3) is 0.611. The number of aromatic nitrogens is 4. The maximum Gasteiger partial charge on any atom is 0.227 e. The summed E-state index contributed by atoms with van der Waals surface area (Å²) < 4.78 is 5.24. The molecule has 26 heavy (non-hydrogen) atoms. The fourth-order valence-corrected chi connectivity index (χ4v) is 3.22. The number of nitrogens with zero attached hydrogens (tertiary/aromatic N) is 5. The lowest BCUT2D eigenvalue weighted by molar-refractivity contribution is -0.132. The maximum absolute atomic E-state index is 12.8. The van der Waals surface area contributed by atoms with Crippen molar-refractivity contribution < 1.29 is 9.32 Å². The molecule has 0 aromatic carbocycles. The monoisotopic (exact) mass is 358 g/mol. The molecule has 1 fully saturated rings. The second kappa shape index (κ2) is 7.80. The van der Waals surface area contributed by atoms with Crippen LogP contribution in [0.4, 0.5) is 5.82 Å². The van der Waals surface area contributed by atoms with Crippen molar-refractivity contribution in [2.24, 2.45) is 0 Å². The molecule has 8 nitrogen and oxygen atoms in total. The molecule has 1 saturated heterocycles. The molecule has 0 aliphatic carbocycles. The van der Waals surface area contributed by atoms with Gasteiger partial charge in [-0.1, -0.05) is 19.0 Å². The lowest BCUT2D eigenvalue weighted by atomic mass is 10.1. The highest BCUT2D eigenvalue weighted by molar-refractivity contribution is 5.77. The summed E-state index contributed by atoms with van der Waals surface area (Å²) in [5.74, 6) is 3.00. The van der Waals surface area contributed by atoms with Crippen molar-refractivity contribution in [1.82, 2.24) is 25.0 Å². The normalized spacial score (nSPS) is 17.1. The Labute approximate surface area is 153 Å². The summed E-state index contributed by atoms with van der Waals surface area (Å²) in [6, 6.07) is 1.93. The molecule has 1 amide bonds. The van der Waals surface area contributed by atoms with Crippen LogP contribution in [-0.2, 0) is 11.2 Å². The third-order valence-electron chi connectivity index (χ3n) is 4.58. The standard InChI is InChI=1S/C18H26N6O2/c1-11(2)18-22-16(26-23-18)7-8-17(25)24-9-5-6-14(24)13-10-15(19-4)21-12(3)20-13/h10-11,14H,5-9H2,1-4H3,(H,19,20,21). The highest BCUT2D eigenvalue weighted by Crippen LogP contribution is 2.32. The zero-order valence-corrected chi connectivity index (χ0v) is 15.8. The number of aryl methyl sites for hydroxylation is 2. The molecule has 3 heterocycles. The van der Waals surface area contributed by atoms with Gasteiger partial charge >= 0.3 is 0 Å². The minimum absolute atomic E-state index is 0.00482. The summed E-state index contributed by atoms with van der Waals surface area (Å²) in [5.41, 5.74) is 0.896. The van der Waals surface area contributed by atoms with Gasteiger partial charge in [-0.2, -0.15) is 4.98 Å². The number of rotatable bonds is 6. The van der Waals surface area contributed by atoms with Crippen molar-refractivity contribution in [3.63, 3.8) is 0 Å². The van der Waals surface area contributed by atoms with E-state index in [1.54, 1.807) is 0 Å². The van der Waals surface area contributed by atoms with Crippen LogP contribution in [0, 0.1) is 6.92 Å². The first-order valence-corrected chi connectivity index (χ1v) is 9.13. The van der Waals surface area contributed by atoms with Crippen LogP contribution in [0.25, 0.3) is 0 Å². The van der Waals surface area contributed by atoms with Gasteiger partial charge in [-0.15, -0.1) is 0 Å². The van der Waals surface area contributed by atoms with E-state index in [-0.39, 0.29) is 17.9 Å². The molecule has 0 radical (unpaired) electrons. The summed E-state index contributed by atoms with van der Waals surface area (Å²) in [6.45, 7) is 6.64. The number of likely N-dealkylation sites (tertiary alicyclic amines) is 1. The second-order valence-corrected chi connectivity index (χ2v) is 6.92. The first-order chi connectivity index (χ1) is 12.5. The second-order valence-electron chi connectivity index (χ2n) is 6.92. The minimum Gasteiger partial charge on any atom is -0.373 e. The average Bonchev–Trinajstić information content (AvgIpc) is 3.28. The van der Waals surface area contributed by atoms with Crippen molar-refractivity contribution in [2.75, 3.05) is 18.9 Å². The molecule has 2 aromatic rings. The summed E-state index contributed by atoms with van der Waals surface area (Å²) in [6.07, 6.45) is 2.72. The summed E-state index contributed by atoms with van der Waals surface area (Å²) in [7, 11) is 1.83. The van der Waals surface area contributed by atoms with Gasteiger partial charge in [-0.25, -0.2) is 9.97 Å². The van der Waals surface area contributed by atoms with Gasteiger partial charge in [0.15, 0.2) is 5.82 Å².